The van der Waals surface area contributed by atoms with Crippen molar-refractivity contribution in [1.82, 2.24) is 20.0 Å². The Bertz CT molecular complexity index is 733. The molecule has 1 aromatic carbocycles. The normalized spacial score (nSPS) is 19.6. The van der Waals surface area contributed by atoms with Crippen LogP contribution in [0.3, 0.4) is 0 Å². The van der Waals surface area contributed by atoms with Gasteiger partial charge in [-0.05, 0) is 31.5 Å². The molecule has 3 rings (SSSR count). The fraction of sp³-hybridized carbons (Fsp3) is 0.444. The first-order valence-electron chi connectivity index (χ1n) is 8.50. The van der Waals surface area contributed by atoms with Crippen molar-refractivity contribution in [2.75, 3.05) is 26.7 Å². The maximum Gasteiger partial charge on any atom is 0.271 e. The molecular weight excluding hydrogens is 323 g/mol. The Labute approximate surface area is 146 Å². The van der Waals surface area contributed by atoms with E-state index in [4.69, 9.17) is 0 Å². The molecule has 6 nitrogen and oxygen atoms in total. The smallest absolute Gasteiger partial charge is 0.271 e. The van der Waals surface area contributed by atoms with Gasteiger partial charge in [-0.1, -0.05) is 18.2 Å². The monoisotopic (exact) mass is 346 g/mol. The van der Waals surface area contributed by atoms with Crippen molar-refractivity contribution in [1.29, 1.82) is 0 Å². The number of nitrogens with zero attached hydrogens (tertiary/aromatic N) is 3. The van der Waals surface area contributed by atoms with E-state index in [0.717, 1.165) is 19.4 Å². The third-order valence-electron chi connectivity index (χ3n) is 4.62. The number of halogens is 1. The first-order valence-corrected chi connectivity index (χ1v) is 8.50. The molecule has 0 radical (unpaired) electrons. The number of aliphatic hydroxyl groups excluding tert-OH is 1. The van der Waals surface area contributed by atoms with Crippen molar-refractivity contribution in [2.45, 2.75) is 25.0 Å². The fourth-order valence-corrected chi connectivity index (χ4v) is 3.29. The highest BCUT2D eigenvalue weighted by Crippen LogP contribution is 2.24. The number of benzene rings is 1. The lowest BCUT2D eigenvalue weighted by molar-refractivity contribution is 0.0817. The number of likely N-dealkylation sites (tertiary alicyclic amines) is 1. The second-order valence-corrected chi connectivity index (χ2v) is 6.35. The lowest BCUT2D eigenvalue weighted by Gasteiger charge is -2.34. The zero-order chi connectivity index (χ0) is 17.8. The second kappa shape index (κ2) is 7.76. The zero-order valence-electron chi connectivity index (χ0n) is 14.2. The van der Waals surface area contributed by atoms with E-state index < -0.39 is 6.10 Å². The molecule has 25 heavy (non-hydrogen) atoms. The van der Waals surface area contributed by atoms with Crippen LogP contribution in [0.2, 0.25) is 0 Å². The Balaban J connectivity index is 1.64. The summed E-state index contributed by atoms with van der Waals surface area (Å²) < 4.78 is 15.6. The first-order chi connectivity index (χ1) is 12.1. The lowest BCUT2D eigenvalue weighted by atomic mass is 10.0. The molecule has 134 valence electrons. The number of nitrogens with one attached hydrogen (secondary N) is 1. The molecule has 2 aromatic rings. The highest BCUT2D eigenvalue weighted by molar-refractivity contribution is 5.91. The predicted octanol–water partition coefficient (Wildman–Crippen LogP) is 1.75. The molecule has 0 bridgehead atoms. The molecule has 1 amide bonds. The van der Waals surface area contributed by atoms with Gasteiger partial charge in [-0.25, -0.2) is 4.39 Å². The van der Waals surface area contributed by atoms with Crippen molar-refractivity contribution >= 4 is 5.91 Å². The van der Waals surface area contributed by atoms with Gasteiger partial charge in [-0.2, -0.15) is 5.10 Å². The number of carbonyl (C=O) groups excluding carboxylic acids is 1. The van der Waals surface area contributed by atoms with Crippen LogP contribution in [0.15, 0.2) is 36.5 Å². The molecule has 0 unspecified atom stereocenters. The number of rotatable bonds is 5. The number of hydrogen-bond donors (Lipinski definition) is 2. The molecule has 0 aliphatic carbocycles. The van der Waals surface area contributed by atoms with Gasteiger partial charge in [-0.3, -0.25) is 14.4 Å². The molecule has 1 fully saturated rings. The number of amides is 1. The summed E-state index contributed by atoms with van der Waals surface area (Å²) in [6, 6.07) is 8.16. The Morgan fingerprint density at radius 2 is 2.24 bits per heavy atom. The van der Waals surface area contributed by atoms with Gasteiger partial charge in [-0.15, -0.1) is 0 Å². The van der Waals surface area contributed by atoms with E-state index in [1.807, 2.05) is 10.9 Å². The zero-order valence-corrected chi connectivity index (χ0v) is 14.2. The summed E-state index contributed by atoms with van der Waals surface area (Å²) in [6.07, 6.45) is 2.87. The minimum absolute atomic E-state index is 0.139. The van der Waals surface area contributed by atoms with E-state index in [1.165, 1.54) is 6.07 Å². The molecule has 1 saturated heterocycles. The molecule has 2 atom stereocenters. The average Bonchev–Trinajstić information content (AvgIpc) is 3.12. The molecule has 2 N–H and O–H groups in total. The van der Waals surface area contributed by atoms with Crippen molar-refractivity contribution in [2.24, 2.45) is 0 Å². The summed E-state index contributed by atoms with van der Waals surface area (Å²) in [5.74, 6) is -0.591. The standard InChI is InChI=1S/C18H23FN4O2/c1-20-18(25)16-8-10-23(21-16)13-5-4-9-22(11-13)12-17(24)14-6-2-3-7-15(14)19/h2-3,6-8,10,13,17,24H,4-5,9,11-12H2,1H3,(H,20,25)/t13-,17-/m1/s1. The summed E-state index contributed by atoms with van der Waals surface area (Å²) in [4.78, 5) is 13.8. The third-order valence-corrected chi connectivity index (χ3v) is 4.62. The summed E-state index contributed by atoms with van der Waals surface area (Å²) in [5, 5.41) is 17.3. The summed E-state index contributed by atoms with van der Waals surface area (Å²) >= 11 is 0. The van der Waals surface area contributed by atoms with E-state index in [-0.39, 0.29) is 17.8 Å². The Morgan fingerprint density at radius 1 is 1.44 bits per heavy atom. The highest BCUT2D eigenvalue weighted by atomic mass is 19.1. The van der Waals surface area contributed by atoms with Gasteiger partial charge >= 0.3 is 0 Å². The topological polar surface area (TPSA) is 70.4 Å². The number of carbonyl (C=O) groups is 1. The van der Waals surface area contributed by atoms with Gasteiger partial charge in [0, 0.05) is 31.9 Å². The minimum Gasteiger partial charge on any atom is -0.387 e. The van der Waals surface area contributed by atoms with Gasteiger partial charge in [0.2, 0.25) is 0 Å². The molecule has 7 heteroatoms. The maximum absolute atomic E-state index is 13.8. The van der Waals surface area contributed by atoms with Crippen molar-refractivity contribution in [3.05, 3.63) is 53.6 Å². The maximum atomic E-state index is 13.8. The van der Waals surface area contributed by atoms with Gasteiger partial charge in [0.15, 0.2) is 0 Å². The largest absolute Gasteiger partial charge is 0.387 e. The van der Waals surface area contributed by atoms with Gasteiger partial charge in [0.05, 0.1) is 12.1 Å². The quantitative estimate of drug-likeness (QED) is 0.865. The van der Waals surface area contributed by atoms with E-state index in [2.05, 4.69) is 15.3 Å². The lowest BCUT2D eigenvalue weighted by Crippen LogP contribution is -2.39. The number of aromatic nitrogens is 2. The molecule has 2 heterocycles. The second-order valence-electron chi connectivity index (χ2n) is 6.35. The van der Waals surface area contributed by atoms with E-state index in [0.29, 0.717) is 24.3 Å². The van der Waals surface area contributed by atoms with Crippen LogP contribution < -0.4 is 5.32 Å². The van der Waals surface area contributed by atoms with Gasteiger partial charge in [0.1, 0.15) is 11.5 Å². The molecule has 0 saturated carbocycles. The third kappa shape index (κ3) is 4.05. The molecule has 1 aromatic heterocycles. The number of hydrogen-bond acceptors (Lipinski definition) is 4. The molecule has 0 spiro atoms. The highest BCUT2D eigenvalue weighted by Gasteiger charge is 2.25. The first kappa shape index (κ1) is 17.6. The molecular formula is C18H23FN4O2. The van der Waals surface area contributed by atoms with Crippen molar-refractivity contribution in [3.8, 4) is 0 Å². The summed E-state index contributed by atoms with van der Waals surface area (Å²) in [5.41, 5.74) is 0.719. The van der Waals surface area contributed by atoms with Crippen molar-refractivity contribution < 1.29 is 14.3 Å². The van der Waals surface area contributed by atoms with Crippen LogP contribution in [0.5, 0.6) is 0 Å². The Kier molecular flexibility index (Phi) is 5.45. The molecule has 1 aliphatic rings. The van der Waals surface area contributed by atoms with Crippen LogP contribution >= 0.6 is 0 Å². The molecule has 1 aliphatic heterocycles. The van der Waals surface area contributed by atoms with Crippen molar-refractivity contribution in [3.63, 3.8) is 0 Å². The van der Waals surface area contributed by atoms with Crippen LogP contribution in [-0.2, 0) is 0 Å². The van der Waals surface area contributed by atoms with Crippen LogP contribution in [-0.4, -0.2) is 52.4 Å². The number of aliphatic hydroxyl groups is 1. The average molecular weight is 346 g/mol. The SMILES string of the molecule is CNC(=O)c1ccn([C@@H]2CCCN(C[C@@H](O)c3ccccc3F)C2)n1. The Hall–Kier alpha value is -2.25. The number of β-amino-alcohol motifs (C(OH)–C–C–N with tert-alkyl or cyclic N) is 1. The van der Waals surface area contributed by atoms with Gasteiger partial charge < -0.3 is 10.4 Å². The van der Waals surface area contributed by atoms with Crippen LogP contribution in [0.1, 0.15) is 41.0 Å². The van der Waals surface area contributed by atoms with Crippen LogP contribution in [0, 0.1) is 5.82 Å². The Morgan fingerprint density at radius 3 is 3.00 bits per heavy atom. The summed E-state index contributed by atoms with van der Waals surface area (Å²) in [7, 11) is 1.58. The van der Waals surface area contributed by atoms with Crippen LogP contribution in [0.4, 0.5) is 4.39 Å². The fourth-order valence-electron chi connectivity index (χ4n) is 3.29. The summed E-state index contributed by atoms with van der Waals surface area (Å²) in [6.45, 7) is 1.94. The van der Waals surface area contributed by atoms with E-state index >= 15 is 0 Å². The van der Waals surface area contributed by atoms with Crippen LogP contribution in [0.25, 0.3) is 0 Å². The predicted molar refractivity (Wildman–Crippen MR) is 91.7 cm³/mol. The van der Waals surface area contributed by atoms with E-state index in [9.17, 15) is 14.3 Å². The van der Waals surface area contributed by atoms with E-state index in [1.54, 1.807) is 31.3 Å². The minimum atomic E-state index is -0.862. The number of piperidine rings is 1. The van der Waals surface area contributed by atoms with Gasteiger partial charge in [0.25, 0.3) is 5.91 Å².